The van der Waals surface area contributed by atoms with Crippen LogP contribution >= 0.6 is 0 Å². The number of hydrogen-bond acceptors (Lipinski definition) is 2. The van der Waals surface area contributed by atoms with Crippen molar-refractivity contribution in [1.82, 2.24) is 0 Å². The molecule has 1 saturated carbocycles. The summed E-state index contributed by atoms with van der Waals surface area (Å²) in [5.41, 5.74) is 6.24. The Morgan fingerprint density at radius 1 is 1.46 bits per heavy atom. The van der Waals surface area contributed by atoms with Crippen molar-refractivity contribution < 1.29 is 4.74 Å². The Bertz CT molecular complexity index is 167. The van der Waals surface area contributed by atoms with Gasteiger partial charge in [-0.3, -0.25) is 0 Å². The van der Waals surface area contributed by atoms with E-state index in [0.717, 1.165) is 13.2 Å². The Labute approximate surface area is 80.8 Å². The lowest BCUT2D eigenvalue weighted by Gasteiger charge is -2.47. The molecule has 0 aromatic heterocycles. The molecular weight excluding hydrogens is 162 g/mol. The predicted octanol–water partition coefficient (Wildman–Crippen LogP) is 1.93. The van der Waals surface area contributed by atoms with Gasteiger partial charge in [-0.2, -0.15) is 0 Å². The van der Waals surface area contributed by atoms with Crippen LogP contribution < -0.4 is 5.73 Å². The fraction of sp³-hybridized carbons (Fsp3) is 1.00. The van der Waals surface area contributed by atoms with Crippen molar-refractivity contribution in [2.24, 2.45) is 17.1 Å². The van der Waals surface area contributed by atoms with Crippen LogP contribution in [-0.4, -0.2) is 19.3 Å². The van der Waals surface area contributed by atoms with Gasteiger partial charge in [0.1, 0.15) is 0 Å². The maximum Gasteiger partial charge on any atom is 0.0613 e. The Hall–Kier alpha value is -0.0800. The quantitative estimate of drug-likeness (QED) is 0.710. The van der Waals surface area contributed by atoms with Crippen molar-refractivity contribution >= 4 is 0 Å². The van der Waals surface area contributed by atoms with Crippen LogP contribution in [-0.2, 0) is 4.74 Å². The molecule has 0 radical (unpaired) electrons. The molecule has 0 aromatic carbocycles. The summed E-state index contributed by atoms with van der Waals surface area (Å²) in [7, 11) is 0. The van der Waals surface area contributed by atoms with E-state index in [1.165, 1.54) is 32.1 Å². The Balaban J connectivity index is 1.82. The van der Waals surface area contributed by atoms with Gasteiger partial charge in [0.25, 0.3) is 0 Å². The molecule has 2 aliphatic rings. The normalized spacial score (nSPS) is 34.2. The van der Waals surface area contributed by atoms with E-state index in [2.05, 4.69) is 6.92 Å². The van der Waals surface area contributed by atoms with Gasteiger partial charge in [-0.25, -0.2) is 0 Å². The van der Waals surface area contributed by atoms with Crippen LogP contribution in [0.15, 0.2) is 0 Å². The minimum atomic E-state index is 0.441. The Kier molecular flexibility index (Phi) is 2.61. The molecule has 13 heavy (non-hydrogen) atoms. The van der Waals surface area contributed by atoms with Gasteiger partial charge in [0.2, 0.25) is 0 Å². The third-order valence-corrected chi connectivity index (χ3v) is 3.98. The molecule has 1 aliphatic heterocycles. The summed E-state index contributed by atoms with van der Waals surface area (Å²) >= 11 is 0. The predicted molar refractivity (Wildman–Crippen MR) is 53.5 cm³/mol. The van der Waals surface area contributed by atoms with E-state index in [1.807, 2.05) is 0 Å². The van der Waals surface area contributed by atoms with Crippen LogP contribution in [0.2, 0.25) is 0 Å². The molecule has 2 rings (SSSR count). The Morgan fingerprint density at radius 2 is 2.23 bits per heavy atom. The monoisotopic (exact) mass is 183 g/mol. The van der Waals surface area contributed by atoms with Crippen LogP contribution in [0.1, 0.15) is 39.0 Å². The highest BCUT2D eigenvalue weighted by atomic mass is 16.5. The van der Waals surface area contributed by atoms with E-state index in [0.29, 0.717) is 17.4 Å². The summed E-state index contributed by atoms with van der Waals surface area (Å²) in [6, 6.07) is 0. The van der Waals surface area contributed by atoms with Crippen LogP contribution in [0.4, 0.5) is 0 Å². The first-order chi connectivity index (χ1) is 6.26. The molecule has 0 amide bonds. The van der Waals surface area contributed by atoms with Gasteiger partial charge in [-0.1, -0.05) is 13.3 Å². The zero-order valence-corrected chi connectivity index (χ0v) is 8.59. The summed E-state index contributed by atoms with van der Waals surface area (Å²) < 4.78 is 5.91. The van der Waals surface area contributed by atoms with E-state index in [-0.39, 0.29) is 0 Å². The van der Waals surface area contributed by atoms with Crippen LogP contribution in [0, 0.1) is 11.3 Å². The van der Waals surface area contributed by atoms with E-state index in [9.17, 15) is 0 Å². The molecule has 76 valence electrons. The van der Waals surface area contributed by atoms with Crippen molar-refractivity contribution in [2.75, 3.05) is 13.2 Å². The minimum absolute atomic E-state index is 0.441. The molecule has 2 fully saturated rings. The van der Waals surface area contributed by atoms with Gasteiger partial charge in [0.15, 0.2) is 0 Å². The molecule has 1 spiro atoms. The highest BCUT2D eigenvalue weighted by Crippen LogP contribution is 2.48. The van der Waals surface area contributed by atoms with Crippen molar-refractivity contribution in [3.8, 4) is 0 Å². The number of hydrogen-bond donors (Lipinski definition) is 1. The summed E-state index contributed by atoms with van der Waals surface area (Å²) in [5.74, 6) is 0.539. The third-order valence-electron chi connectivity index (χ3n) is 3.98. The summed E-state index contributed by atoms with van der Waals surface area (Å²) in [6.07, 6.45) is 7.27. The highest BCUT2D eigenvalue weighted by Gasteiger charge is 2.41. The molecule has 1 unspecified atom stereocenters. The zero-order chi connectivity index (χ0) is 9.31. The van der Waals surface area contributed by atoms with Crippen LogP contribution in [0.3, 0.4) is 0 Å². The minimum Gasteiger partial charge on any atom is -0.377 e. The first kappa shape index (κ1) is 9.47. The molecule has 1 saturated heterocycles. The standard InChI is InChI=1S/C11H21NO/c1-9(7-12)10-3-6-11(8-13-10)4-2-5-11/h9-10H,2-8,12H2,1H3/t9-,10?/m0/s1. The lowest BCUT2D eigenvalue weighted by molar-refractivity contribution is -0.111. The van der Waals surface area contributed by atoms with Crippen LogP contribution in [0.25, 0.3) is 0 Å². The second-order valence-electron chi connectivity index (χ2n) is 4.95. The maximum atomic E-state index is 5.91. The molecule has 1 heterocycles. The number of nitrogens with two attached hydrogens (primary N) is 1. The van der Waals surface area contributed by atoms with Gasteiger partial charge < -0.3 is 10.5 Å². The fourth-order valence-corrected chi connectivity index (χ4v) is 2.56. The smallest absolute Gasteiger partial charge is 0.0613 e. The van der Waals surface area contributed by atoms with Crippen molar-refractivity contribution in [2.45, 2.75) is 45.1 Å². The van der Waals surface area contributed by atoms with Crippen molar-refractivity contribution in [3.63, 3.8) is 0 Å². The molecule has 0 bridgehead atoms. The SMILES string of the molecule is C[C@@H](CN)C1CCC2(CCC2)CO1. The van der Waals surface area contributed by atoms with Gasteiger partial charge in [0, 0.05) is 0 Å². The van der Waals surface area contributed by atoms with Crippen LogP contribution in [0.5, 0.6) is 0 Å². The summed E-state index contributed by atoms with van der Waals surface area (Å²) in [6.45, 7) is 3.96. The van der Waals surface area contributed by atoms with Crippen molar-refractivity contribution in [1.29, 1.82) is 0 Å². The highest BCUT2D eigenvalue weighted by molar-refractivity contribution is 4.91. The molecule has 1 aliphatic carbocycles. The summed E-state index contributed by atoms with van der Waals surface area (Å²) in [5, 5.41) is 0. The lowest BCUT2D eigenvalue weighted by atomic mass is 9.65. The van der Waals surface area contributed by atoms with Gasteiger partial charge >= 0.3 is 0 Å². The molecule has 2 N–H and O–H groups in total. The maximum absolute atomic E-state index is 5.91. The van der Waals surface area contributed by atoms with Crippen molar-refractivity contribution in [3.05, 3.63) is 0 Å². The molecular formula is C11H21NO. The first-order valence-corrected chi connectivity index (χ1v) is 5.57. The fourth-order valence-electron chi connectivity index (χ4n) is 2.56. The van der Waals surface area contributed by atoms with Gasteiger partial charge in [-0.15, -0.1) is 0 Å². The van der Waals surface area contributed by atoms with E-state index < -0.39 is 0 Å². The Morgan fingerprint density at radius 3 is 2.62 bits per heavy atom. The first-order valence-electron chi connectivity index (χ1n) is 5.57. The second kappa shape index (κ2) is 3.58. The average molecular weight is 183 g/mol. The number of ether oxygens (including phenoxy) is 1. The second-order valence-corrected chi connectivity index (χ2v) is 4.95. The molecule has 2 heteroatoms. The topological polar surface area (TPSA) is 35.2 Å². The molecule has 2 atom stereocenters. The van der Waals surface area contributed by atoms with Gasteiger partial charge in [0.05, 0.1) is 12.7 Å². The number of rotatable bonds is 2. The van der Waals surface area contributed by atoms with E-state index >= 15 is 0 Å². The third kappa shape index (κ3) is 1.75. The van der Waals surface area contributed by atoms with Gasteiger partial charge in [-0.05, 0) is 43.6 Å². The van der Waals surface area contributed by atoms with E-state index in [1.54, 1.807) is 0 Å². The average Bonchev–Trinajstić information content (AvgIpc) is 2.14. The van der Waals surface area contributed by atoms with E-state index in [4.69, 9.17) is 10.5 Å². The lowest BCUT2D eigenvalue weighted by Crippen LogP contribution is -2.43. The molecule has 2 nitrogen and oxygen atoms in total. The largest absolute Gasteiger partial charge is 0.377 e. The summed E-state index contributed by atoms with van der Waals surface area (Å²) in [4.78, 5) is 0. The molecule has 0 aromatic rings. The zero-order valence-electron chi connectivity index (χ0n) is 8.59.